The standard InChI is InChI=1S/C13H10Cl3N3OS2/c14-13(15,16)11(19-7-6-9(21)17-12(19)20)18-10(22)8-4-2-1-3-5-8/h1-7,11H,(H,18,22)(H,17,20,21). The van der Waals surface area contributed by atoms with Crippen molar-refractivity contribution in [3.63, 3.8) is 0 Å². The Hall–Kier alpha value is -0.920. The molecule has 0 fully saturated rings. The van der Waals surface area contributed by atoms with Crippen molar-refractivity contribution in [2.24, 2.45) is 0 Å². The first-order chi connectivity index (χ1) is 10.3. The van der Waals surface area contributed by atoms with Gasteiger partial charge in [-0.15, -0.1) is 0 Å². The van der Waals surface area contributed by atoms with Crippen molar-refractivity contribution in [1.82, 2.24) is 14.9 Å². The Morgan fingerprint density at radius 3 is 2.41 bits per heavy atom. The second-order valence-electron chi connectivity index (χ2n) is 4.30. The fraction of sp³-hybridized carbons (Fsp3) is 0.154. The molecule has 4 nitrogen and oxygen atoms in total. The lowest BCUT2D eigenvalue weighted by Gasteiger charge is -2.28. The highest BCUT2D eigenvalue weighted by Gasteiger charge is 2.35. The average molecular weight is 395 g/mol. The van der Waals surface area contributed by atoms with Crippen LogP contribution in [0.25, 0.3) is 0 Å². The van der Waals surface area contributed by atoms with Crippen molar-refractivity contribution in [1.29, 1.82) is 0 Å². The molecule has 1 unspecified atom stereocenters. The number of alkyl halides is 3. The quantitative estimate of drug-likeness (QED) is 0.615. The summed E-state index contributed by atoms with van der Waals surface area (Å²) in [5.41, 5.74) is 0.237. The predicted molar refractivity (Wildman–Crippen MR) is 96.5 cm³/mol. The van der Waals surface area contributed by atoms with Gasteiger partial charge in [-0.05, 0) is 6.07 Å². The van der Waals surface area contributed by atoms with E-state index in [9.17, 15) is 4.79 Å². The second kappa shape index (κ2) is 7.10. The number of benzene rings is 1. The van der Waals surface area contributed by atoms with Gasteiger partial charge in [0.15, 0.2) is 6.17 Å². The molecule has 0 aliphatic heterocycles. The average Bonchev–Trinajstić information content (AvgIpc) is 2.45. The summed E-state index contributed by atoms with van der Waals surface area (Å²) < 4.78 is -0.327. The van der Waals surface area contributed by atoms with E-state index in [0.717, 1.165) is 5.56 Å². The van der Waals surface area contributed by atoms with Crippen LogP contribution in [0.15, 0.2) is 47.4 Å². The van der Waals surface area contributed by atoms with Crippen LogP contribution >= 0.6 is 59.2 Å². The molecule has 2 aromatic rings. The third-order valence-electron chi connectivity index (χ3n) is 2.74. The summed E-state index contributed by atoms with van der Waals surface area (Å²) in [6, 6.07) is 10.7. The molecular weight excluding hydrogens is 385 g/mol. The first kappa shape index (κ1) is 17.4. The number of nitrogens with one attached hydrogen (secondary N) is 2. The third-order valence-corrected chi connectivity index (χ3v) is 3.95. The van der Waals surface area contributed by atoms with E-state index in [1.807, 2.05) is 30.3 Å². The maximum absolute atomic E-state index is 12.0. The summed E-state index contributed by atoms with van der Waals surface area (Å²) in [6.07, 6.45) is 0.443. The summed E-state index contributed by atoms with van der Waals surface area (Å²) in [5, 5.41) is 2.89. The Morgan fingerprint density at radius 2 is 1.86 bits per heavy atom. The van der Waals surface area contributed by atoms with E-state index in [1.54, 1.807) is 0 Å². The van der Waals surface area contributed by atoms with Crippen LogP contribution in [0.3, 0.4) is 0 Å². The lowest BCUT2D eigenvalue weighted by Crippen LogP contribution is -2.44. The Labute approximate surface area is 152 Å². The van der Waals surface area contributed by atoms with Crippen molar-refractivity contribution >= 4 is 64.2 Å². The second-order valence-corrected chi connectivity index (χ2v) is 7.52. The van der Waals surface area contributed by atoms with Crippen molar-refractivity contribution in [2.45, 2.75) is 9.96 Å². The molecule has 1 heterocycles. The molecular formula is C13H10Cl3N3OS2. The molecule has 22 heavy (non-hydrogen) atoms. The minimum Gasteiger partial charge on any atom is -0.352 e. The fourth-order valence-corrected chi connectivity index (χ4v) is 2.61. The molecule has 0 spiro atoms. The molecule has 2 N–H and O–H groups in total. The van der Waals surface area contributed by atoms with Crippen LogP contribution in [0.4, 0.5) is 0 Å². The minimum absolute atomic E-state index is 0.287. The fourth-order valence-electron chi connectivity index (χ4n) is 1.74. The molecule has 0 amide bonds. The van der Waals surface area contributed by atoms with Crippen LogP contribution in [0, 0.1) is 4.64 Å². The molecule has 0 aliphatic carbocycles. The van der Waals surface area contributed by atoms with Crippen molar-refractivity contribution < 1.29 is 0 Å². The zero-order valence-electron chi connectivity index (χ0n) is 10.9. The normalized spacial score (nSPS) is 12.7. The van der Waals surface area contributed by atoms with Gasteiger partial charge >= 0.3 is 5.69 Å². The van der Waals surface area contributed by atoms with Crippen LogP contribution in [0.1, 0.15) is 11.7 Å². The number of aromatic nitrogens is 2. The highest BCUT2D eigenvalue weighted by molar-refractivity contribution is 7.80. The molecule has 0 bridgehead atoms. The van der Waals surface area contributed by atoms with Crippen LogP contribution < -0.4 is 11.0 Å². The molecule has 0 saturated heterocycles. The van der Waals surface area contributed by atoms with Gasteiger partial charge < -0.3 is 5.32 Å². The summed E-state index contributed by atoms with van der Waals surface area (Å²) in [5.74, 6) is 0. The van der Waals surface area contributed by atoms with Gasteiger partial charge in [0, 0.05) is 11.8 Å². The molecule has 116 valence electrons. The zero-order valence-corrected chi connectivity index (χ0v) is 14.8. The number of thiocarbonyl (C=S) groups is 1. The van der Waals surface area contributed by atoms with E-state index in [2.05, 4.69) is 10.3 Å². The first-order valence-corrected chi connectivity index (χ1v) is 7.98. The first-order valence-electron chi connectivity index (χ1n) is 6.03. The molecule has 2 rings (SSSR count). The number of rotatable bonds is 3. The smallest absolute Gasteiger partial charge is 0.328 e. The van der Waals surface area contributed by atoms with Crippen molar-refractivity contribution in [3.8, 4) is 0 Å². The molecule has 0 radical (unpaired) electrons. The Kier molecular flexibility index (Phi) is 5.63. The maximum atomic E-state index is 12.0. The van der Waals surface area contributed by atoms with Gasteiger partial charge in [-0.3, -0.25) is 9.55 Å². The zero-order chi connectivity index (χ0) is 16.3. The lowest BCUT2D eigenvalue weighted by molar-refractivity contribution is 0.457. The van der Waals surface area contributed by atoms with Crippen LogP contribution in [0.2, 0.25) is 0 Å². The molecule has 9 heteroatoms. The van der Waals surface area contributed by atoms with E-state index in [-0.39, 0.29) is 4.64 Å². The highest BCUT2D eigenvalue weighted by Crippen LogP contribution is 2.36. The Bertz CT molecular complexity index is 783. The number of H-pyrrole nitrogens is 1. The maximum Gasteiger partial charge on any atom is 0.328 e. The van der Waals surface area contributed by atoms with Gasteiger partial charge in [0.1, 0.15) is 9.63 Å². The Balaban J connectivity index is 2.38. The number of halogens is 3. The van der Waals surface area contributed by atoms with Gasteiger partial charge in [0.2, 0.25) is 3.79 Å². The SMILES string of the molecule is O=c1[nH]c(=S)ccn1C(NC(=S)c1ccccc1)C(Cl)(Cl)Cl. The molecule has 0 saturated carbocycles. The largest absolute Gasteiger partial charge is 0.352 e. The molecule has 0 aliphatic rings. The summed E-state index contributed by atoms with van der Waals surface area (Å²) >= 11 is 28.1. The summed E-state index contributed by atoms with van der Waals surface area (Å²) in [4.78, 5) is 14.8. The molecule has 1 atom stereocenters. The molecule has 1 aromatic heterocycles. The number of hydrogen-bond acceptors (Lipinski definition) is 3. The Morgan fingerprint density at radius 1 is 1.23 bits per heavy atom. The van der Waals surface area contributed by atoms with Gasteiger partial charge in [-0.2, -0.15) is 0 Å². The van der Waals surface area contributed by atoms with Crippen LogP contribution in [0.5, 0.6) is 0 Å². The summed E-state index contributed by atoms with van der Waals surface area (Å²) in [7, 11) is 0. The van der Waals surface area contributed by atoms with Crippen molar-refractivity contribution in [3.05, 3.63) is 63.3 Å². The van der Waals surface area contributed by atoms with E-state index in [1.165, 1.54) is 16.8 Å². The minimum atomic E-state index is -1.81. The predicted octanol–water partition coefficient (Wildman–Crippen LogP) is 3.74. The topological polar surface area (TPSA) is 49.8 Å². The van der Waals surface area contributed by atoms with E-state index in [0.29, 0.717) is 4.99 Å². The van der Waals surface area contributed by atoms with Gasteiger partial charge in [-0.1, -0.05) is 89.6 Å². The molecule has 1 aromatic carbocycles. The summed E-state index contributed by atoms with van der Waals surface area (Å²) in [6.45, 7) is 0. The number of aromatic amines is 1. The van der Waals surface area contributed by atoms with Gasteiger partial charge in [0.05, 0.1) is 0 Å². The van der Waals surface area contributed by atoms with Crippen LogP contribution in [-0.4, -0.2) is 18.3 Å². The number of nitrogens with zero attached hydrogens (tertiary/aromatic N) is 1. The lowest BCUT2D eigenvalue weighted by atomic mass is 10.2. The third kappa shape index (κ3) is 4.30. The van der Waals surface area contributed by atoms with E-state index < -0.39 is 15.6 Å². The number of hydrogen-bond donors (Lipinski definition) is 2. The monoisotopic (exact) mass is 393 g/mol. The van der Waals surface area contributed by atoms with Crippen LogP contribution in [-0.2, 0) is 0 Å². The van der Waals surface area contributed by atoms with Gasteiger partial charge in [0.25, 0.3) is 0 Å². The van der Waals surface area contributed by atoms with Gasteiger partial charge in [-0.25, -0.2) is 4.79 Å². The highest BCUT2D eigenvalue weighted by atomic mass is 35.6. The van der Waals surface area contributed by atoms with E-state index >= 15 is 0 Å². The van der Waals surface area contributed by atoms with E-state index in [4.69, 9.17) is 59.2 Å². The van der Waals surface area contributed by atoms with Crippen molar-refractivity contribution in [2.75, 3.05) is 0 Å².